The van der Waals surface area contributed by atoms with Gasteiger partial charge in [-0.2, -0.15) is 0 Å². The Bertz CT molecular complexity index is 1230. The molecular formula is C25H23N3O6. The largest absolute Gasteiger partial charge is 0.452 e. The summed E-state index contributed by atoms with van der Waals surface area (Å²) in [6, 6.07) is 19.7. The highest BCUT2D eigenvalue weighted by Gasteiger charge is 2.20. The van der Waals surface area contributed by atoms with Crippen molar-refractivity contribution in [2.45, 2.75) is 19.9 Å². The van der Waals surface area contributed by atoms with Gasteiger partial charge >= 0.3 is 5.97 Å². The van der Waals surface area contributed by atoms with Gasteiger partial charge < -0.3 is 15.4 Å². The molecule has 2 N–H and O–H groups in total. The number of hydrogen-bond acceptors (Lipinski definition) is 6. The molecule has 3 aromatic rings. The average molecular weight is 461 g/mol. The lowest BCUT2D eigenvalue weighted by molar-refractivity contribution is -0.385. The minimum absolute atomic E-state index is 0.00308. The smallest absolute Gasteiger partial charge is 0.339 e. The van der Waals surface area contributed by atoms with Crippen LogP contribution in [0.5, 0.6) is 0 Å². The number of anilines is 1. The van der Waals surface area contributed by atoms with Crippen LogP contribution in [0.4, 0.5) is 11.4 Å². The van der Waals surface area contributed by atoms with E-state index in [0.29, 0.717) is 0 Å². The van der Waals surface area contributed by atoms with Gasteiger partial charge in [-0.25, -0.2) is 4.79 Å². The van der Waals surface area contributed by atoms with E-state index in [4.69, 9.17) is 4.74 Å². The van der Waals surface area contributed by atoms with Gasteiger partial charge in [0.2, 0.25) is 0 Å². The van der Waals surface area contributed by atoms with Crippen LogP contribution in [0, 0.1) is 17.0 Å². The van der Waals surface area contributed by atoms with Gasteiger partial charge in [-0.3, -0.25) is 19.7 Å². The van der Waals surface area contributed by atoms with E-state index in [1.54, 1.807) is 24.3 Å². The first-order valence-corrected chi connectivity index (χ1v) is 10.4. The number of nitro groups is 1. The lowest BCUT2D eigenvalue weighted by atomic mass is 10.1. The fourth-order valence-corrected chi connectivity index (χ4v) is 3.33. The number of amides is 2. The molecule has 2 amide bonds. The van der Waals surface area contributed by atoms with E-state index in [1.165, 1.54) is 25.1 Å². The summed E-state index contributed by atoms with van der Waals surface area (Å²) in [5, 5.41) is 16.5. The molecule has 0 heterocycles. The fourth-order valence-electron chi connectivity index (χ4n) is 3.33. The maximum Gasteiger partial charge on any atom is 0.339 e. The molecule has 34 heavy (non-hydrogen) atoms. The summed E-state index contributed by atoms with van der Waals surface area (Å²) in [5.41, 5.74) is 1.36. The van der Waals surface area contributed by atoms with Crippen LogP contribution in [0.1, 0.15) is 44.8 Å². The van der Waals surface area contributed by atoms with Gasteiger partial charge in [-0.05, 0) is 37.6 Å². The third-order valence-electron chi connectivity index (χ3n) is 5.15. The van der Waals surface area contributed by atoms with Gasteiger partial charge in [0.1, 0.15) is 0 Å². The van der Waals surface area contributed by atoms with E-state index in [1.807, 2.05) is 37.3 Å². The number of esters is 1. The second kappa shape index (κ2) is 10.9. The third-order valence-corrected chi connectivity index (χ3v) is 5.15. The zero-order valence-corrected chi connectivity index (χ0v) is 18.6. The van der Waals surface area contributed by atoms with Crippen molar-refractivity contribution < 1.29 is 24.0 Å². The van der Waals surface area contributed by atoms with Crippen LogP contribution in [-0.2, 0) is 9.53 Å². The number of carbonyl (C=O) groups is 3. The first-order valence-electron chi connectivity index (χ1n) is 10.4. The van der Waals surface area contributed by atoms with E-state index in [0.717, 1.165) is 5.56 Å². The molecule has 9 nitrogen and oxygen atoms in total. The first kappa shape index (κ1) is 24.1. The topological polar surface area (TPSA) is 128 Å². The molecule has 3 rings (SSSR count). The number of ether oxygens (including phenoxy) is 1. The molecule has 0 aliphatic carbocycles. The second-order valence-electron chi connectivity index (χ2n) is 7.48. The van der Waals surface area contributed by atoms with Crippen LogP contribution in [0.15, 0.2) is 72.8 Å². The van der Waals surface area contributed by atoms with E-state index in [2.05, 4.69) is 10.6 Å². The van der Waals surface area contributed by atoms with Crippen LogP contribution < -0.4 is 10.6 Å². The van der Waals surface area contributed by atoms with E-state index >= 15 is 0 Å². The molecule has 0 spiro atoms. The molecule has 0 radical (unpaired) electrons. The number of benzene rings is 3. The van der Waals surface area contributed by atoms with Gasteiger partial charge in [0, 0.05) is 11.6 Å². The molecule has 9 heteroatoms. The van der Waals surface area contributed by atoms with Gasteiger partial charge in [-0.1, -0.05) is 48.5 Å². The first-order chi connectivity index (χ1) is 16.3. The van der Waals surface area contributed by atoms with Crippen molar-refractivity contribution in [3.05, 3.63) is 105 Å². The molecule has 0 fully saturated rings. The SMILES string of the molecule is Cc1c(C(=O)OCC(=O)Nc2ccccc2C(=O)NC(C)c2ccccc2)cccc1[N+](=O)[O-]. The third kappa shape index (κ3) is 5.83. The monoisotopic (exact) mass is 461 g/mol. The molecule has 0 saturated carbocycles. The van der Waals surface area contributed by atoms with Gasteiger partial charge in [0.15, 0.2) is 6.61 Å². The molecule has 0 bridgehead atoms. The Labute approximate surface area is 195 Å². The predicted molar refractivity (Wildman–Crippen MR) is 126 cm³/mol. The number of hydrogen-bond donors (Lipinski definition) is 2. The summed E-state index contributed by atoms with van der Waals surface area (Å²) in [7, 11) is 0. The Morgan fingerprint density at radius 3 is 2.29 bits per heavy atom. The number of carbonyl (C=O) groups excluding carboxylic acids is 3. The van der Waals surface area contributed by atoms with Gasteiger partial charge in [0.05, 0.1) is 27.8 Å². The van der Waals surface area contributed by atoms with Crippen molar-refractivity contribution in [3.8, 4) is 0 Å². The zero-order chi connectivity index (χ0) is 24.7. The summed E-state index contributed by atoms with van der Waals surface area (Å²) >= 11 is 0. The van der Waals surface area contributed by atoms with Crippen LogP contribution in [0.25, 0.3) is 0 Å². The molecule has 0 saturated heterocycles. The predicted octanol–water partition coefficient (Wildman–Crippen LogP) is 4.19. The highest BCUT2D eigenvalue weighted by molar-refractivity contribution is 6.04. The minimum Gasteiger partial charge on any atom is -0.452 e. The van der Waals surface area contributed by atoms with Crippen LogP contribution in [0.3, 0.4) is 0 Å². The summed E-state index contributed by atoms with van der Waals surface area (Å²) < 4.78 is 5.03. The van der Waals surface area contributed by atoms with Crippen molar-refractivity contribution in [3.63, 3.8) is 0 Å². The highest BCUT2D eigenvalue weighted by Crippen LogP contribution is 2.22. The second-order valence-corrected chi connectivity index (χ2v) is 7.48. The van der Waals surface area contributed by atoms with Gasteiger partial charge in [0.25, 0.3) is 17.5 Å². The number of nitro benzene ring substituents is 1. The summed E-state index contributed by atoms with van der Waals surface area (Å²) in [5.74, 6) is -1.90. The number of nitrogens with zero attached hydrogens (tertiary/aromatic N) is 1. The molecule has 3 aromatic carbocycles. The van der Waals surface area contributed by atoms with Gasteiger partial charge in [-0.15, -0.1) is 0 Å². The Balaban J connectivity index is 1.64. The van der Waals surface area contributed by atoms with E-state index < -0.39 is 23.4 Å². The number of rotatable bonds is 8. The lowest BCUT2D eigenvalue weighted by Crippen LogP contribution is -2.28. The van der Waals surface area contributed by atoms with Crippen LogP contribution in [0.2, 0.25) is 0 Å². The Morgan fingerprint density at radius 1 is 0.941 bits per heavy atom. The maximum absolute atomic E-state index is 12.8. The van der Waals surface area contributed by atoms with Crippen molar-refractivity contribution in [2.75, 3.05) is 11.9 Å². The van der Waals surface area contributed by atoms with Crippen molar-refractivity contribution >= 4 is 29.2 Å². The maximum atomic E-state index is 12.8. The fraction of sp³-hybridized carbons (Fsp3) is 0.160. The van der Waals surface area contributed by atoms with Crippen molar-refractivity contribution in [1.82, 2.24) is 5.32 Å². The summed E-state index contributed by atoms with van der Waals surface area (Å²) in [6.45, 7) is 2.65. The average Bonchev–Trinajstić information content (AvgIpc) is 2.83. The Kier molecular flexibility index (Phi) is 7.71. The Morgan fingerprint density at radius 2 is 1.59 bits per heavy atom. The quantitative estimate of drug-likeness (QED) is 0.294. The highest BCUT2D eigenvalue weighted by atomic mass is 16.6. The normalized spacial score (nSPS) is 11.2. The molecule has 1 atom stereocenters. The molecule has 0 aromatic heterocycles. The van der Waals surface area contributed by atoms with Crippen molar-refractivity contribution in [1.29, 1.82) is 0 Å². The van der Waals surface area contributed by atoms with E-state index in [-0.39, 0.29) is 40.0 Å². The number of para-hydroxylation sites is 1. The van der Waals surface area contributed by atoms with Crippen LogP contribution >= 0.6 is 0 Å². The minimum atomic E-state index is -0.862. The number of nitrogens with one attached hydrogen (secondary N) is 2. The lowest BCUT2D eigenvalue weighted by Gasteiger charge is -2.16. The molecule has 174 valence electrons. The molecule has 0 aliphatic heterocycles. The van der Waals surface area contributed by atoms with Crippen LogP contribution in [-0.4, -0.2) is 29.3 Å². The summed E-state index contributed by atoms with van der Waals surface area (Å²) in [6.07, 6.45) is 0. The molecular weight excluding hydrogens is 438 g/mol. The van der Waals surface area contributed by atoms with E-state index in [9.17, 15) is 24.5 Å². The summed E-state index contributed by atoms with van der Waals surface area (Å²) in [4.78, 5) is 48.0. The Hall–Kier alpha value is -4.53. The molecule has 1 unspecified atom stereocenters. The standard InChI is InChI=1S/C25H23N3O6/c1-16-19(12-8-14-22(16)28(32)33)25(31)34-15-23(29)27-21-13-7-6-11-20(21)24(30)26-17(2)18-9-4-3-5-10-18/h3-14,17H,15H2,1-2H3,(H,26,30)(H,27,29). The molecule has 0 aliphatic rings. The zero-order valence-electron chi connectivity index (χ0n) is 18.6. The van der Waals surface area contributed by atoms with Crippen molar-refractivity contribution in [2.24, 2.45) is 0 Å².